The zero-order valence-corrected chi connectivity index (χ0v) is 9.15. The summed E-state index contributed by atoms with van der Waals surface area (Å²) in [6, 6.07) is 5.60. The van der Waals surface area contributed by atoms with E-state index in [-0.39, 0.29) is 5.56 Å². The molecule has 3 rings (SSSR count). The van der Waals surface area contributed by atoms with Crippen LogP contribution < -0.4 is 5.56 Å². The second-order valence-electron chi connectivity index (χ2n) is 3.24. The molecule has 3 aromatic rings. The maximum atomic E-state index is 11.7. The van der Waals surface area contributed by atoms with E-state index in [1.54, 1.807) is 12.3 Å². The van der Waals surface area contributed by atoms with Crippen LogP contribution >= 0.6 is 15.9 Å². The van der Waals surface area contributed by atoms with Crippen LogP contribution in [-0.2, 0) is 0 Å². The van der Waals surface area contributed by atoms with Crippen molar-refractivity contribution in [3.05, 3.63) is 45.4 Å². The molecule has 1 aromatic carbocycles. The maximum absolute atomic E-state index is 11.7. The summed E-state index contributed by atoms with van der Waals surface area (Å²) in [5, 5.41) is 0.648. The Labute approximate surface area is 92.7 Å². The Balaban J connectivity index is 2.67. The SMILES string of the molecule is O=c1[nH]c2nccn2c2ccc(Br)cc12. The number of fused-ring (bicyclic) bond motifs is 3. The van der Waals surface area contributed by atoms with Crippen LogP contribution in [0, 0.1) is 0 Å². The minimum atomic E-state index is -0.120. The molecule has 1 N–H and O–H groups in total. The van der Waals surface area contributed by atoms with E-state index in [2.05, 4.69) is 25.9 Å². The number of imidazole rings is 1. The van der Waals surface area contributed by atoms with Crippen molar-refractivity contribution in [2.45, 2.75) is 0 Å². The zero-order chi connectivity index (χ0) is 10.4. The lowest BCUT2D eigenvalue weighted by atomic mass is 10.2. The Hall–Kier alpha value is -1.62. The van der Waals surface area contributed by atoms with E-state index >= 15 is 0 Å². The molecule has 0 aliphatic carbocycles. The minimum Gasteiger partial charge on any atom is -0.291 e. The Morgan fingerprint density at radius 3 is 3.13 bits per heavy atom. The summed E-state index contributed by atoms with van der Waals surface area (Å²) in [7, 11) is 0. The van der Waals surface area contributed by atoms with E-state index in [0.717, 1.165) is 9.99 Å². The second-order valence-corrected chi connectivity index (χ2v) is 4.15. The lowest BCUT2D eigenvalue weighted by molar-refractivity contribution is 1.14. The number of hydrogen-bond acceptors (Lipinski definition) is 2. The van der Waals surface area contributed by atoms with Crippen LogP contribution in [0.4, 0.5) is 0 Å². The van der Waals surface area contributed by atoms with E-state index in [1.165, 1.54) is 0 Å². The van der Waals surface area contributed by atoms with Gasteiger partial charge in [-0.15, -0.1) is 0 Å². The molecule has 5 heteroatoms. The van der Waals surface area contributed by atoms with Crippen molar-refractivity contribution in [3.8, 4) is 0 Å². The van der Waals surface area contributed by atoms with Crippen molar-refractivity contribution >= 4 is 32.6 Å². The van der Waals surface area contributed by atoms with Crippen molar-refractivity contribution in [2.75, 3.05) is 0 Å². The average Bonchev–Trinajstić information content (AvgIpc) is 2.66. The van der Waals surface area contributed by atoms with Gasteiger partial charge in [-0.25, -0.2) is 4.98 Å². The van der Waals surface area contributed by atoms with Crippen LogP contribution in [0.3, 0.4) is 0 Å². The number of H-pyrrole nitrogens is 1. The van der Waals surface area contributed by atoms with Crippen LogP contribution in [0.1, 0.15) is 0 Å². The van der Waals surface area contributed by atoms with Crippen molar-refractivity contribution in [3.63, 3.8) is 0 Å². The standard InChI is InChI=1S/C10H6BrN3O/c11-6-1-2-8-7(5-6)9(15)13-10-12-3-4-14(8)10/h1-5H,(H,12,13,15). The molecule has 0 saturated heterocycles. The van der Waals surface area contributed by atoms with Crippen LogP contribution in [-0.4, -0.2) is 14.4 Å². The first kappa shape index (κ1) is 8.67. The van der Waals surface area contributed by atoms with Crippen molar-refractivity contribution in [2.24, 2.45) is 0 Å². The van der Waals surface area contributed by atoms with Gasteiger partial charge in [0.25, 0.3) is 5.56 Å². The molecule has 0 spiro atoms. The van der Waals surface area contributed by atoms with E-state index in [4.69, 9.17) is 0 Å². The van der Waals surface area contributed by atoms with E-state index in [9.17, 15) is 4.79 Å². The number of nitrogens with zero attached hydrogens (tertiary/aromatic N) is 2. The number of halogens is 1. The number of nitrogens with one attached hydrogen (secondary N) is 1. The third-order valence-electron chi connectivity index (χ3n) is 2.33. The molecule has 2 aromatic heterocycles. The Kier molecular flexibility index (Phi) is 1.70. The molecule has 0 unspecified atom stereocenters. The van der Waals surface area contributed by atoms with Gasteiger partial charge in [0.1, 0.15) is 0 Å². The van der Waals surface area contributed by atoms with Gasteiger partial charge in [0.2, 0.25) is 5.78 Å². The zero-order valence-electron chi connectivity index (χ0n) is 7.57. The van der Waals surface area contributed by atoms with Crippen LogP contribution in [0.2, 0.25) is 0 Å². The third kappa shape index (κ3) is 1.20. The quantitative estimate of drug-likeness (QED) is 0.674. The monoisotopic (exact) mass is 263 g/mol. The largest absolute Gasteiger partial charge is 0.291 e. The van der Waals surface area contributed by atoms with Gasteiger partial charge < -0.3 is 0 Å². The highest BCUT2D eigenvalue weighted by molar-refractivity contribution is 9.10. The number of aromatic nitrogens is 3. The second kappa shape index (κ2) is 2.93. The molecule has 0 aliphatic heterocycles. The molecule has 0 fully saturated rings. The number of aromatic amines is 1. The lowest BCUT2D eigenvalue weighted by Crippen LogP contribution is -2.09. The first-order chi connectivity index (χ1) is 7.25. The summed E-state index contributed by atoms with van der Waals surface area (Å²) >= 11 is 3.34. The summed E-state index contributed by atoms with van der Waals surface area (Å²) in [6.07, 6.45) is 3.48. The summed E-state index contributed by atoms with van der Waals surface area (Å²) < 4.78 is 2.74. The molecule has 0 saturated carbocycles. The van der Waals surface area contributed by atoms with Gasteiger partial charge in [-0.3, -0.25) is 14.2 Å². The average molecular weight is 264 g/mol. The van der Waals surface area contributed by atoms with Gasteiger partial charge in [-0.1, -0.05) is 15.9 Å². The highest BCUT2D eigenvalue weighted by atomic mass is 79.9. The predicted molar refractivity (Wildman–Crippen MR) is 61.0 cm³/mol. The molecule has 0 atom stereocenters. The fourth-order valence-electron chi connectivity index (χ4n) is 1.66. The molecule has 15 heavy (non-hydrogen) atoms. The molecule has 0 aliphatic rings. The predicted octanol–water partition coefficient (Wildman–Crippen LogP) is 1.94. The normalized spacial score (nSPS) is 11.3. The molecular weight excluding hydrogens is 258 g/mol. The summed E-state index contributed by atoms with van der Waals surface area (Å²) in [6.45, 7) is 0. The van der Waals surface area contributed by atoms with Crippen LogP contribution in [0.5, 0.6) is 0 Å². The van der Waals surface area contributed by atoms with Crippen molar-refractivity contribution in [1.29, 1.82) is 0 Å². The topological polar surface area (TPSA) is 50.2 Å². The third-order valence-corrected chi connectivity index (χ3v) is 2.82. The molecular formula is C10H6BrN3O. The molecule has 0 amide bonds. The van der Waals surface area contributed by atoms with E-state index in [0.29, 0.717) is 11.2 Å². The van der Waals surface area contributed by atoms with Gasteiger partial charge >= 0.3 is 0 Å². The van der Waals surface area contributed by atoms with E-state index in [1.807, 2.05) is 22.7 Å². The Bertz CT molecular complexity index is 713. The number of hydrogen-bond donors (Lipinski definition) is 1. The van der Waals surface area contributed by atoms with Gasteiger partial charge in [0.05, 0.1) is 10.9 Å². The van der Waals surface area contributed by atoms with Crippen LogP contribution in [0.25, 0.3) is 16.7 Å². The van der Waals surface area contributed by atoms with Crippen LogP contribution in [0.15, 0.2) is 39.9 Å². The number of benzene rings is 1. The highest BCUT2D eigenvalue weighted by Crippen LogP contribution is 2.16. The molecule has 4 nitrogen and oxygen atoms in total. The summed E-state index contributed by atoms with van der Waals surface area (Å²) in [4.78, 5) is 18.5. The van der Waals surface area contributed by atoms with Gasteiger partial charge in [0, 0.05) is 16.9 Å². The minimum absolute atomic E-state index is 0.120. The first-order valence-electron chi connectivity index (χ1n) is 4.40. The number of rotatable bonds is 0. The van der Waals surface area contributed by atoms with Gasteiger partial charge in [-0.2, -0.15) is 0 Å². The Morgan fingerprint density at radius 1 is 1.40 bits per heavy atom. The van der Waals surface area contributed by atoms with Gasteiger partial charge in [0.15, 0.2) is 0 Å². The van der Waals surface area contributed by atoms with E-state index < -0.39 is 0 Å². The highest BCUT2D eigenvalue weighted by Gasteiger charge is 2.04. The molecule has 0 bridgehead atoms. The first-order valence-corrected chi connectivity index (χ1v) is 5.19. The fourth-order valence-corrected chi connectivity index (χ4v) is 2.02. The van der Waals surface area contributed by atoms with Gasteiger partial charge in [-0.05, 0) is 18.2 Å². The smallest absolute Gasteiger partial charge is 0.260 e. The Morgan fingerprint density at radius 2 is 2.27 bits per heavy atom. The molecule has 2 heterocycles. The lowest BCUT2D eigenvalue weighted by Gasteiger charge is -2.01. The fraction of sp³-hybridized carbons (Fsp3) is 0. The molecule has 0 radical (unpaired) electrons. The maximum Gasteiger partial charge on any atom is 0.260 e. The summed E-state index contributed by atoms with van der Waals surface area (Å²) in [5.74, 6) is 0.565. The molecule has 74 valence electrons. The summed E-state index contributed by atoms with van der Waals surface area (Å²) in [5.41, 5.74) is 0.736. The van der Waals surface area contributed by atoms with Crippen molar-refractivity contribution < 1.29 is 0 Å². The van der Waals surface area contributed by atoms with Crippen molar-refractivity contribution in [1.82, 2.24) is 14.4 Å².